The highest BCUT2D eigenvalue weighted by atomic mass is 15.2. The topological polar surface area (TPSA) is 28.2 Å². The Morgan fingerprint density at radius 1 is 1.24 bits per heavy atom. The number of pyridine rings is 1. The van der Waals surface area contributed by atoms with E-state index in [2.05, 4.69) is 49.8 Å². The lowest BCUT2D eigenvalue weighted by Crippen LogP contribution is -2.40. The van der Waals surface area contributed by atoms with E-state index < -0.39 is 0 Å². The molecule has 0 atom stereocenters. The van der Waals surface area contributed by atoms with Gasteiger partial charge in [0, 0.05) is 43.3 Å². The number of nitrogens with zero attached hydrogens (tertiary/aromatic N) is 2. The van der Waals surface area contributed by atoms with Gasteiger partial charge in [0.25, 0.3) is 0 Å². The van der Waals surface area contributed by atoms with Gasteiger partial charge in [-0.15, -0.1) is 0 Å². The first kappa shape index (κ1) is 14.0. The fourth-order valence-corrected chi connectivity index (χ4v) is 2.10. The average Bonchev–Trinajstić information content (AvgIpc) is 2.25. The van der Waals surface area contributed by atoms with Crippen molar-refractivity contribution < 1.29 is 0 Å². The van der Waals surface area contributed by atoms with E-state index in [4.69, 9.17) is 0 Å². The molecule has 0 radical (unpaired) electrons. The lowest BCUT2D eigenvalue weighted by Gasteiger charge is -2.30. The lowest BCUT2D eigenvalue weighted by atomic mass is 10.2. The molecule has 1 aromatic heterocycles. The van der Waals surface area contributed by atoms with E-state index in [9.17, 15) is 0 Å². The monoisotopic (exact) mass is 235 g/mol. The molecule has 96 valence electrons. The molecule has 0 unspecified atom stereocenters. The van der Waals surface area contributed by atoms with Gasteiger partial charge in [-0.2, -0.15) is 0 Å². The van der Waals surface area contributed by atoms with Crippen LogP contribution in [0.3, 0.4) is 0 Å². The summed E-state index contributed by atoms with van der Waals surface area (Å²) in [5.74, 6) is 0. The van der Waals surface area contributed by atoms with Crippen LogP contribution in [0.5, 0.6) is 0 Å². The molecule has 0 aliphatic heterocycles. The Kier molecular flexibility index (Phi) is 5.42. The van der Waals surface area contributed by atoms with Crippen LogP contribution in [-0.4, -0.2) is 35.1 Å². The summed E-state index contributed by atoms with van der Waals surface area (Å²) in [6.07, 6.45) is 3.73. The molecule has 17 heavy (non-hydrogen) atoms. The van der Waals surface area contributed by atoms with Crippen molar-refractivity contribution >= 4 is 5.69 Å². The molecule has 1 N–H and O–H groups in total. The predicted octanol–water partition coefficient (Wildman–Crippen LogP) is 2.92. The number of hydrogen-bond acceptors (Lipinski definition) is 3. The van der Waals surface area contributed by atoms with Crippen LogP contribution in [0.15, 0.2) is 18.5 Å². The first-order valence-electron chi connectivity index (χ1n) is 6.42. The third-order valence-corrected chi connectivity index (χ3v) is 3.03. The number of nitrogens with one attached hydrogen (secondary N) is 1. The summed E-state index contributed by atoms with van der Waals surface area (Å²) >= 11 is 0. The van der Waals surface area contributed by atoms with Gasteiger partial charge in [-0.05, 0) is 46.2 Å². The maximum Gasteiger partial charge on any atom is 0.0401 e. The van der Waals surface area contributed by atoms with Gasteiger partial charge >= 0.3 is 0 Å². The van der Waals surface area contributed by atoms with Gasteiger partial charge in [-0.1, -0.05) is 0 Å². The number of aryl methyl sites for hydroxylation is 1. The molecule has 0 amide bonds. The van der Waals surface area contributed by atoms with Gasteiger partial charge in [-0.25, -0.2) is 0 Å². The molecular formula is C14H25N3. The number of hydrogen-bond donors (Lipinski definition) is 1. The Bertz CT molecular complexity index is 326. The Labute approximate surface area is 105 Å². The summed E-state index contributed by atoms with van der Waals surface area (Å²) < 4.78 is 0. The summed E-state index contributed by atoms with van der Waals surface area (Å²) in [7, 11) is 0. The normalized spacial score (nSPS) is 11.5. The van der Waals surface area contributed by atoms with Crippen LogP contribution in [0.4, 0.5) is 5.69 Å². The van der Waals surface area contributed by atoms with Crippen LogP contribution < -0.4 is 5.32 Å². The second kappa shape index (κ2) is 6.60. The summed E-state index contributed by atoms with van der Waals surface area (Å²) in [6, 6.07) is 3.22. The third kappa shape index (κ3) is 4.35. The molecule has 0 aromatic carbocycles. The van der Waals surface area contributed by atoms with Crippen LogP contribution in [-0.2, 0) is 0 Å². The zero-order valence-electron chi connectivity index (χ0n) is 11.7. The quantitative estimate of drug-likeness (QED) is 0.821. The molecular weight excluding hydrogens is 210 g/mol. The van der Waals surface area contributed by atoms with Crippen molar-refractivity contribution in [3.05, 3.63) is 24.0 Å². The van der Waals surface area contributed by atoms with Crippen molar-refractivity contribution in [2.45, 2.75) is 46.7 Å². The summed E-state index contributed by atoms with van der Waals surface area (Å²) in [6.45, 7) is 13.1. The van der Waals surface area contributed by atoms with Crippen LogP contribution >= 0.6 is 0 Å². The van der Waals surface area contributed by atoms with Crippen LogP contribution in [0.1, 0.15) is 33.3 Å². The molecule has 0 fully saturated rings. The SMILES string of the molecule is Cc1cnccc1NCCN(C(C)C)C(C)C. The first-order valence-corrected chi connectivity index (χ1v) is 6.42. The summed E-state index contributed by atoms with van der Waals surface area (Å²) in [5, 5.41) is 3.47. The van der Waals surface area contributed by atoms with Crippen LogP contribution in [0.25, 0.3) is 0 Å². The third-order valence-electron chi connectivity index (χ3n) is 3.03. The van der Waals surface area contributed by atoms with Gasteiger partial charge in [0.2, 0.25) is 0 Å². The van der Waals surface area contributed by atoms with E-state index in [-0.39, 0.29) is 0 Å². The smallest absolute Gasteiger partial charge is 0.0401 e. The van der Waals surface area contributed by atoms with Gasteiger partial charge in [-0.3, -0.25) is 9.88 Å². The highest BCUT2D eigenvalue weighted by molar-refractivity contribution is 5.48. The molecule has 0 aliphatic rings. The zero-order valence-corrected chi connectivity index (χ0v) is 11.7. The van der Waals surface area contributed by atoms with E-state index in [1.54, 1.807) is 0 Å². The van der Waals surface area contributed by atoms with Gasteiger partial charge in [0.1, 0.15) is 0 Å². The standard InChI is InChI=1S/C14H25N3/c1-11(2)17(12(3)4)9-8-16-14-6-7-15-10-13(14)5/h6-7,10-12H,8-9H2,1-5H3,(H,15,16). The van der Waals surface area contributed by atoms with Gasteiger partial charge in [0.15, 0.2) is 0 Å². The molecule has 1 heterocycles. The maximum atomic E-state index is 4.09. The second-order valence-electron chi connectivity index (χ2n) is 5.04. The van der Waals surface area contributed by atoms with Crippen LogP contribution in [0, 0.1) is 6.92 Å². The lowest BCUT2D eigenvalue weighted by molar-refractivity contribution is 0.182. The van der Waals surface area contributed by atoms with Crippen molar-refractivity contribution in [1.29, 1.82) is 0 Å². The van der Waals surface area contributed by atoms with E-state index in [1.165, 1.54) is 11.3 Å². The molecule has 0 aliphatic carbocycles. The van der Waals surface area contributed by atoms with E-state index in [0.717, 1.165) is 13.1 Å². The van der Waals surface area contributed by atoms with E-state index in [1.807, 2.05) is 18.5 Å². The average molecular weight is 235 g/mol. The molecule has 3 nitrogen and oxygen atoms in total. The molecule has 0 bridgehead atoms. The molecule has 0 saturated carbocycles. The molecule has 1 rings (SSSR count). The number of rotatable bonds is 6. The van der Waals surface area contributed by atoms with Crippen molar-refractivity contribution in [3.8, 4) is 0 Å². The Balaban J connectivity index is 2.44. The molecule has 0 saturated heterocycles. The summed E-state index contributed by atoms with van der Waals surface area (Å²) in [5.41, 5.74) is 2.39. The van der Waals surface area contributed by atoms with Crippen LogP contribution in [0.2, 0.25) is 0 Å². The molecule has 1 aromatic rings. The highest BCUT2D eigenvalue weighted by Gasteiger charge is 2.12. The van der Waals surface area contributed by atoms with Crippen molar-refractivity contribution in [2.75, 3.05) is 18.4 Å². The Hall–Kier alpha value is -1.09. The van der Waals surface area contributed by atoms with Gasteiger partial charge < -0.3 is 5.32 Å². The highest BCUT2D eigenvalue weighted by Crippen LogP contribution is 2.11. The zero-order chi connectivity index (χ0) is 12.8. The van der Waals surface area contributed by atoms with Gasteiger partial charge in [0.05, 0.1) is 0 Å². The second-order valence-corrected chi connectivity index (χ2v) is 5.04. The van der Waals surface area contributed by atoms with Crippen molar-refractivity contribution in [2.24, 2.45) is 0 Å². The molecule has 3 heteroatoms. The predicted molar refractivity (Wildman–Crippen MR) is 74.4 cm³/mol. The maximum absolute atomic E-state index is 4.09. The minimum Gasteiger partial charge on any atom is -0.383 e. The van der Waals surface area contributed by atoms with E-state index in [0.29, 0.717) is 12.1 Å². The fourth-order valence-electron chi connectivity index (χ4n) is 2.10. The van der Waals surface area contributed by atoms with Crippen molar-refractivity contribution in [3.63, 3.8) is 0 Å². The minimum absolute atomic E-state index is 0.593. The summed E-state index contributed by atoms with van der Waals surface area (Å²) in [4.78, 5) is 6.58. The number of anilines is 1. The Morgan fingerprint density at radius 3 is 2.41 bits per heavy atom. The fraction of sp³-hybridized carbons (Fsp3) is 0.643. The first-order chi connectivity index (χ1) is 8.02. The number of aromatic nitrogens is 1. The van der Waals surface area contributed by atoms with Crippen molar-refractivity contribution in [1.82, 2.24) is 9.88 Å². The minimum atomic E-state index is 0.593. The Morgan fingerprint density at radius 2 is 1.88 bits per heavy atom. The molecule has 0 spiro atoms. The van der Waals surface area contributed by atoms with E-state index >= 15 is 0 Å². The largest absolute Gasteiger partial charge is 0.383 e.